The van der Waals surface area contributed by atoms with Crippen molar-refractivity contribution in [1.29, 1.82) is 0 Å². The molecular formula is C15H21FN2O4S. The Morgan fingerprint density at radius 1 is 1.48 bits per heavy atom. The number of piperidine rings is 1. The fraction of sp³-hybridized carbons (Fsp3) is 0.533. The molecule has 1 unspecified atom stereocenters. The van der Waals surface area contributed by atoms with Crippen LogP contribution >= 0.6 is 0 Å². The molecule has 0 aliphatic carbocycles. The van der Waals surface area contributed by atoms with E-state index in [-0.39, 0.29) is 30.3 Å². The molecule has 1 heterocycles. The molecule has 1 fully saturated rings. The molecule has 1 saturated heterocycles. The number of carbonyl (C=O) groups excluding carboxylic acids is 1. The fourth-order valence-corrected chi connectivity index (χ4v) is 4.71. The summed E-state index contributed by atoms with van der Waals surface area (Å²) in [5.74, 6) is -1.18. The van der Waals surface area contributed by atoms with Gasteiger partial charge in [-0.15, -0.1) is 0 Å². The van der Waals surface area contributed by atoms with E-state index in [9.17, 15) is 22.7 Å². The van der Waals surface area contributed by atoms with Gasteiger partial charge in [-0.2, -0.15) is 4.31 Å². The van der Waals surface area contributed by atoms with E-state index in [0.29, 0.717) is 18.4 Å². The maximum absolute atomic E-state index is 14.0. The second-order valence-electron chi connectivity index (χ2n) is 5.90. The van der Waals surface area contributed by atoms with Gasteiger partial charge >= 0.3 is 0 Å². The molecule has 0 radical (unpaired) electrons. The van der Waals surface area contributed by atoms with Gasteiger partial charge in [-0.3, -0.25) is 4.79 Å². The van der Waals surface area contributed by atoms with Crippen LogP contribution in [0.2, 0.25) is 0 Å². The second-order valence-corrected chi connectivity index (χ2v) is 7.78. The van der Waals surface area contributed by atoms with Gasteiger partial charge in [0, 0.05) is 20.1 Å². The van der Waals surface area contributed by atoms with Crippen LogP contribution in [0.1, 0.15) is 24.8 Å². The first-order valence-electron chi connectivity index (χ1n) is 7.38. The summed E-state index contributed by atoms with van der Waals surface area (Å²) >= 11 is 0. The van der Waals surface area contributed by atoms with E-state index in [2.05, 4.69) is 5.32 Å². The lowest BCUT2D eigenvalue weighted by Crippen LogP contribution is -2.52. The van der Waals surface area contributed by atoms with Crippen molar-refractivity contribution in [3.05, 3.63) is 29.6 Å². The Morgan fingerprint density at radius 3 is 2.78 bits per heavy atom. The Morgan fingerprint density at radius 2 is 2.17 bits per heavy atom. The first-order chi connectivity index (χ1) is 10.7. The number of halogens is 1. The number of hydrogen-bond acceptors (Lipinski definition) is 4. The minimum atomic E-state index is -4.07. The van der Waals surface area contributed by atoms with Crippen molar-refractivity contribution < 1.29 is 22.7 Å². The van der Waals surface area contributed by atoms with Crippen molar-refractivity contribution in [2.24, 2.45) is 0 Å². The third-order valence-electron chi connectivity index (χ3n) is 4.05. The van der Waals surface area contributed by atoms with Crippen LogP contribution in [0.15, 0.2) is 23.1 Å². The Labute approximate surface area is 135 Å². The van der Waals surface area contributed by atoms with Crippen LogP contribution in [0, 0.1) is 12.7 Å². The zero-order valence-corrected chi connectivity index (χ0v) is 14.0. The predicted octanol–water partition coefficient (Wildman–Crippen LogP) is 0.786. The molecule has 2 rings (SSSR count). The fourth-order valence-electron chi connectivity index (χ4n) is 2.88. The van der Waals surface area contributed by atoms with E-state index in [4.69, 9.17) is 0 Å². The number of aliphatic hydroxyl groups is 1. The number of carbonyl (C=O) groups is 1. The Hall–Kier alpha value is -1.51. The second kappa shape index (κ2) is 6.54. The Bertz CT molecular complexity index is 687. The summed E-state index contributed by atoms with van der Waals surface area (Å²) in [4.78, 5) is 11.1. The Balaban J connectivity index is 2.32. The standard InChI is InChI=1S/C15H21FN2O4S/c1-11-5-3-6-12(16)14(11)23(21,22)18-8-4-7-15(20,10-18)9-13(19)17-2/h3,5-6,20H,4,7-10H2,1-2H3,(H,17,19). The number of nitrogens with zero attached hydrogens (tertiary/aromatic N) is 1. The molecule has 0 aromatic heterocycles. The third kappa shape index (κ3) is 3.70. The van der Waals surface area contributed by atoms with Crippen LogP contribution < -0.4 is 5.32 Å². The summed E-state index contributed by atoms with van der Waals surface area (Å²) in [6, 6.07) is 4.07. The molecule has 6 nitrogen and oxygen atoms in total. The van der Waals surface area contributed by atoms with Crippen LogP contribution in [0.5, 0.6) is 0 Å². The van der Waals surface area contributed by atoms with Gasteiger partial charge in [0.05, 0.1) is 12.0 Å². The zero-order valence-electron chi connectivity index (χ0n) is 13.2. The molecule has 1 aromatic rings. The van der Waals surface area contributed by atoms with E-state index in [0.717, 1.165) is 10.4 Å². The van der Waals surface area contributed by atoms with Gasteiger partial charge in [0.15, 0.2) is 0 Å². The monoisotopic (exact) mass is 344 g/mol. The minimum Gasteiger partial charge on any atom is -0.388 e. The summed E-state index contributed by atoms with van der Waals surface area (Å²) in [5, 5.41) is 12.9. The van der Waals surface area contributed by atoms with Crippen molar-refractivity contribution in [3.63, 3.8) is 0 Å². The summed E-state index contributed by atoms with van der Waals surface area (Å²) in [6.45, 7) is 1.49. The number of amides is 1. The highest BCUT2D eigenvalue weighted by Gasteiger charge is 2.41. The summed E-state index contributed by atoms with van der Waals surface area (Å²) in [6.07, 6.45) is 0.536. The molecule has 0 spiro atoms. The maximum Gasteiger partial charge on any atom is 0.246 e. The quantitative estimate of drug-likeness (QED) is 0.845. The molecule has 1 amide bonds. The van der Waals surface area contributed by atoms with E-state index < -0.39 is 21.4 Å². The first-order valence-corrected chi connectivity index (χ1v) is 8.82. The van der Waals surface area contributed by atoms with Crippen molar-refractivity contribution >= 4 is 15.9 Å². The number of rotatable bonds is 4. The highest BCUT2D eigenvalue weighted by atomic mass is 32.2. The molecule has 0 saturated carbocycles. The van der Waals surface area contributed by atoms with Gasteiger partial charge in [0.1, 0.15) is 10.7 Å². The van der Waals surface area contributed by atoms with Crippen LogP contribution in [0.25, 0.3) is 0 Å². The summed E-state index contributed by atoms with van der Waals surface area (Å²) in [5.41, 5.74) is -1.13. The Kier molecular flexibility index (Phi) is 5.07. The molecule has 2 N–H and O–H groups in total. The van der Waals surface area contributed by atoms with Gasteiger partial charge in [0.2, 0.25) is 15.9 Å². The summed E-state index contributed by atoms with van der Waals surface area (Å²) in [7, 11) is -2.62. The first kappa shape index (κ1) is 17.8. The number of hydrogen-bond donors (Lipinski definition) is 2. The largest absolute Gasteiger partial charge is 0.388 e. The molecule has 1 aliphatic heterocycles. The molecular weight excluding hydrogens is 323 g/mol. The van der Waals surface area contributed by atoms with Crippen molar-refractivity contribution in [1.82, 2.24) is 9.62 Å². The van der Waals surface area contributed by atoms with Crippen molar-refractivity contribution in [2.45, 2.75) is 36.7 Å². The predicted molar refractivity (Wildman–Crippen MR) is 82.8 cm³/mol. The molecule has 0 bridgehead atoms. The highest BCUT2D eigenvalue weighted by Crippen LogP contribution is 2.30. The lowest BCUT2D eigenvalue weighted by molar-refractivity contribution is -0.127. The van der Waals surface area contributed by atoms with Gasteiger partial charge < -0.3 is 10.4 Å². The number of sulfonamides is 1. The lowest BCUT2D eigenvalue weighted by Gasteiger charge is -2.38. The van der Waals surface area contributed by atoms with Crippen LogP contribution in [-0.4, -0.2) is 49.5 Å². The van der Waals surface area contributed by atoms with E-state index in [1.54, 1.807) is 0 Å². The third-order valence-corrected chi connectivity index (χ3v) is 6.07. The van der Waals surface area contributed by atoms with Gasteiger partial charge in [-0.25, -0.2) is 12.8 Å². The maximum atomic E-state index is 14.0. The number of aryl methyl sites for hydroxylation is 1. The van der Waals surface area contributed by atoms with E-state index in [1.165, 1.54) is 26.1 Å². The van der Waals surface area contributed by atoms with E-state index >= 15 is 0 Å². The van der Waals surface area contributed by atoms with Gasteiger partial charge in [0.25, 0.3) is 0 Å². The molecule has 8 heteroatoms. The van der Waals surface area contributed by atoms with Crippen LogP contribution in [0.4, 0.5) is 4.39 Å². The van der Waals surface area contributed by atoms with Crippen LogP contribution in [0.3, 0.4) is 0 Å². The minimum absolute atomic E-state index is 0.187. The smallest absolute Gasteiger partial charge is 0.246 e. The number of nitrogens with one attached hydrogen (secondary N) is 1. The normalized spacial score (nSPS) is 22.8. The van der Waals surface area contributed by atoms with E-state index in [1.807, 2.05) is 0 Å². The average Bonchev–Trinajstić information content (AvgIpc) is 2.46. The van der Waals surface area contributed by atoms with Crippen LogP contribution in [-0.2, 0) is 14.8 Å². The van der Waals surface area contributed by atoms with Gasteiger partial charge in [-0.05, 0) is 31.4 Å². The molecule has 128 valence electrons. The average molecular weight is 344 g/mol. The highest BCUT2D eigenvalue weighted by molar-refractivity contribution is 7.89. The van der Waals surface area contributed by atoms with Crippen molar-refractivity contribution in [2.75, 3.05) is 20.1 Å². The molecule has 1 atom stereocenters. The molecule has 1 aromatic carbocycles. The molecule has 23 heavy (non-hydrogen) atoms. The van der Waals surface area contributed by atoms with Crippen molar-refractivity contribution in [3.8, 4) is 0 Å². The SMILES string of the molecule is CNC(=O)CC1(O)CCCN(S(=O)(=O)c2c(C)cccc2F)C1. The number of benzene rings is 1. The topological polar surface area (TPSA) is 86.7 Å². The zero-order chi connectivity index (χ0) is 17.3. The number of β-amino-alcohol motifs (C(OH)–C–C–N with tert-alkyl or cyclic N) is 1. The summed E-state index contributed by atoms with van der Waals surface area (Å²) < 4.78 is 40.6. The molecule has 1 aliphatic rings. The lowest BCUT2D eigenvalue weighted by atomic mass is 9.90. The van der Waals surface area contributed by atoms with Gasteiger partial charge in [-0.1, -0.05) is 12.1 Å².